The summed E-state index contributed by atoms with van der Waals surface area (Å²) < 4.78 is 10.5. The van der Waals surface area contributed by atoms with E-state index in [9.17, 15) is 5.11 Å². The minimum atomic E-state index is 0.0261. The van der Waals surface area contributed by atoms with Gasteiger partial charge in [0.25, 0.3) is 0 Å². The van der Waals surface area contributed by atoms with Crippen LogP contribution in [0.1, 0.15) is 31.2 Å². The highest BCUT2D eigenvalue weighted by Crippen LogP contribution is 2.37. The van der Waals surface area contributed by atoms with Crippen molar-refractivity contribution in [3.63, 3.8) is 0 Å². The average Bonchev–Trinajstić information content (AvgIpc) is 3.18. The molecule has 3 rings (SSSR count). The predicted molar refractivity (Wildman–Crippen MR) is 111 cm³/mol. The Labute approximate surface area is 168 Å². The summed E-state index contributed by atoms with van der Waals surface area (Å²) in [6.45, 7) is 6.41. The number of methoxy groups -OCH3 is 2. The predicted octanol–water partition coefficient (Wildman–Crippen LogP) is 2.29. The molecule has 1 aromatic carbocycles. The number of phenolic OH excluding ortho intramolecular Hbond substituents is 1. The average molecular weight is 391 g/mol. The van der Waals surface area contributed by atoms with Gasteiger partial charge in [0, 0.05) is 33.2 Å². The van der Waals surface area contributed by atoms with Crippen LogP contribution in [-0.4, -0.2) is 74.9 Å². The first-order chi connectivity index (χ1) is 13.6. The number of guanidine groups is 1. The van der Waals surface area contributed by atoms with Gasteiger partial charge < -0.3 is 29.7 Å². The van der Waals surface area contributed by atoms with E-state index in [1.165, 1.54) is 59.5 Å². The summed E-state index contributed by atoms with van der Waals surface area (Å²) in [6, 6.07) is 3.64. The maximum atomic E-state index is 10.1. The number of hydrogen-bond acceptors (Lipinski definition) is 5. The molecule has 0 radical (unpaired) electrons. The summed E-state index contributed by atoms with van der Waals surface area (Å²) in [5.74, 6) is 2.48. The minimum absolute atomic E-state index is 0.0261. The Morgan fingerprint density at radius 3 is 2.43 bits per heavy atom. The van der Waals surface area contributed by atoms with Crippen LogP contribution in [-0.2, 0) is 6.54 Å². The van der Waals surface area contributed by atoms with E-state index in [-0.39, 0.29) is 5.75 Å². The number of benzene rings is 1. The van der Waals surface area contributed by atoms with Crippen LogP contribution in [0.15, 0.2) is 17.1 Å². The fraction of sp³-hybridized carbons (Fsp3) is 0.667. The van der Waals surface area contributed by atoms with E-state index in [0.29, 0.717) is 24.0 Å². The lowest BCUT2D eigenvalue weighted by Gasteiger charge is -2.29. The fourth-order valence-electron chi connectivity index (χ4n) is 4.24. The molecule has 0 spiro atoms. The highest BCUT2D eigenvalue weighted by atomic mass is 16.5. The monoisotopic (exact) mass is 390 g/mol. The lowest BCUT2D eigenvalue weighted by molar-refractivity contribution is 0.198. The largest absolute Gasteiger partial charge is 0.502 e. The minimum Gasteiger partial charge on any atom is -0.502 e. The van der Waals surface area contributed by atoms with Gasteiger partial charge in [0.05, 0.1) is 14.2 Å². The van der Waals surface area contributed by atoms with Crippen molar-refractivity contribution in [3.05, 3.63) is 17.7 Å². The molecular formula is C21H34N4O3. The zero-order chi connectivity index (χ0) is 19.9. The molecule has 0 saturated carbocycles. The van der Waals surface area contributed by atoms with Crippen LogP contribution >= 0.6 is 0 Å². The van der Waals surface area contributed by atoms with Crippen molar-refractivity contribution in [1.29, 1.82) is 0 Å². The molecule has 2 heterocycles. The number of phenols is 1. The Morgan fingerprint density at radius 2 is 1.82 bits per heavy atom. The maximum absolute atomic E-state index is 10.1. The first kappa shape index (κ1) is 20.6. The van der Waals surface area contributed by atoms with E-state index >= 15 is 0 Å². The Bertz CT molecular complexity index is 649. The zero-order valence-corrected chi connectivity index (χ0v) is 17.4. The van der Waals surface area contributed by atoms with Crippen molar-refractivity contribution in [1.82, 2.24) is 15.1 Å². The molecule has 7 nitrogen and oxygen atoms in total. The second-order valence-electron chi connectivity index (χ2n) is 7.71. The van der Waals surface area contributed by atoms with E-state index in [4.69, 9.17) is 9.47 Å². The number of aromatic hydroxyl groups is 1. The van der Waals surface area contributed by atoms with Crippen LogP contribution in [0, 0.1) is 5.92 Å². The van der Waals surface area contributed by atoms with Gasteiger partial charge in [0.1, 0.15) is 0 Å². The molecule has 156 valence electrons. The third-order valence-corrected chi connectivity index (χ3v) is 5.75. The summed E-state index contributed by atoms with van der Waals surface area (Å²) in [5, 5.41) is 13.5. The Kier molecular flexibility index (Phi) is 7.25. The summed E-state index contributed by atoms with van der Waals surface area (Å²) in [4.78, 5) is 9.45. The molecular weight excluding hydrogens is 356 g/mol. The second-order valence-corrected chi connectivity index (χ2v) is 7.71. The molecule has 2 aliphatic rings. The molecule has 28 heavy (non-hydrogen) atoms. The molecule has 0 aliphatic carbocycles. The molecule has 2 saturated heterocycles. The number of aliphatic imine (C=N–C) groups is 1. The van der Waals surface area contributed by atoms with Crippen molar-refractivity contribution < 1.29 is 14.6 Å². The first-order valence-electron chi connectivity index (χ1n) is 10.3. The van der Waals surface area contributed by atoms with Gasteiger partial charge in [-0.05, 0) is 56.0 Å². The number of nitrogens with one attached hydrogen (secondary N) is 1. The van der Waals surface area contributed by atoms with Gasteiger partial charge in [-0.1, -0.05) is 6.42 Å². The van der Waals surface area contributed by atoms with Crippen molar-refractivity contribution >= 4 is 5.96 Å². The van der Waals surface area contributed by atoms with Crippen LogP contribution in [0.2, 0.25) is 0 Å². The molecule has 2 fully saturated rings. The molecule has 7 heteroatoms. The Hall–Kier alpha value is -2.15. The highest BCUT2D eigenvalue weighted by molar-refractivity contribution is 5.80. The van der Waals surface area contributed by atoms with E-state index in [0.717, 1.165) is 24.6 Å². The van der Waals surface area contributed by atoms with Crippen LogP contribution in [0.25, 0.3) is 0 Å². The fourth-order valence-corrected chi connectivity index (χ4v) is 4.24. The second kappa shape index (κ2) is 9.87. The Balaban J connectivity index is 1.55. The van der Waals surface area contributed by atoms with E-state index in [1.54, 1.807) is 0 Å². The van der Waals surface area contributed by atoms with Gasteiger partial charge in [-0.25, -0.2) is 0 Å². The van der Waals surface area contributed by atoms with Crippen molar-refractivity contribution in [2.24, 2.45) is 10.9 Å². The molecule has 0 aromatic heterocycles. The third-order valence-electron chi connectivity index (χ3n) is 5.75. The lowest BCUT2D eigenvalue weighted by atomic mass is 10.1. The van der Waals surface area contributed by atoms with Crippen LogP contribution in [0.4, 0.5) is 0 Å². The number of ether oxygens (including phenoxy) is 2. The number of likely N-dealkylation sites (tertiary alicyclic amines) is 2. The summed E-state index contributed by atoms with van der Waals surface area (Å²) in [7, 11) is 4.91. The quantitative estimate of drug-likeness (QED) is 0.574. The summed E-state index contributed by atoms with van der Waals surface area (Å²) in [6.07, 6.45) is 5.30. The molecule has 1 unspecified atom stereocenters. The third kappa shape index (κ3) is 5.01. The van der Waals surface area contributed by atoms with E-state index < -0.39 is 0 Å². The van der Waals surface area contributed by atoms with Gasteiger partial charge in [0.2, 0.25) is 5.75 Å². The summed E-state index contributed by atoms with van der Waals surface area (Å²) in [5.41, 5.74) is 0.969. The molecule has 0 bridgehead atoms. The van der Waals surface area contributed by atoms with Crippen LogP contribution in [0.3, 0.4) is 0 Å². The number of rotatable bonds is 6. The molecule has 1 aromatic rings. The number of hydrogen-bond donors (Lipinski definition) is 2. The van der Waals surface area contributed by atoms with E-state index in [1.807, 2.05) is 19.2 Å². The maximum Gasteiger partial charge on any atom is 0.200 e. The van der Waals surface area contributed by atoms with Gasteiger partial charge in [0.15, 0.2) is 17.5 Å². The van der Waals surface area contributed by atoms with Gasteiger partial charge in [-0.15, -0.1) is 0 Å². The van der Waals surface area contributed by atoms with Gasteiger partial charge in [-0.3, -0.25) is 4.99 Å². The first-order valence-corrected chi connectivity index (χ1v) is 10.3. The smallest absolute Gasteiger partial charge is 0.200 e. The van der Waals surface area contributed by atoms with Crippen molar-refractivity contribution in [2.45, 2.75) is 32.2 Å². The lowest BCUT2D eigenvalue weighted by Crippen LogP contribution is -2.41. The molecule has 0 amide bonds. The number of piperidine rings is 1. The Morgan fingerprint density at radius 1 is 1.14 bits per heavy atom. The standard InChI is InChI=1S/C21H34N4O3/c1-22-21(23-13-17-11-18(27-2)20(26)19(12-17)28-3)25-10-7-16(15-25)14-24-8-5-4-6-9-24/h11-12,16,26H,4-10,13-15H2,1-3H3,(H,22,23). The summed E-state index contributed by atoms with van der Waals surface area (Å²) >= 11 is 0. The number of nitrogens with zero attached hydrogens (tertiary/aromatic N) is 3. The normalized spacial score (nSPS) is 21.0. The van der Waals surface area contributed by atoms with Crippen LogP contribution in [0.5, 0.6) is 17.2 Å². The highest BCUT2D eigenvalue weighted by Gasteiger charge is 2.27. The van der Waals surface area contributed by atoms with Crippen LogP contribution < -0.4 is 14.8 Å². The molecule has 2 aliphatic heterocycles. The zero-order valence-electron chi connectivity index (χ0n) is 17.4. The SMILES string of the molecule is CN=C(NCc1cc(OC)c(O)c(OC)c1)N1CCC(CN2CCCCC2)C1. The van der Waals surface area contributed by atoms with Crippen molar-refractivity contribution in [3.8, 4) is 17.2 Å². The van der Waals surface area contributed by atoms with Crippen molar-refractivity contribution in [2.75, 3.05) is 54.0 Å². The topological polar surface area (TPSA) is 69.6 Å². The molecule has 2 N–H and O–H groups in total. The van der Waals surface area contributed by atoms with Gasteiger partial charge >= 0.3 is 0 Å². The molecule has 1 atom stereocenters. The van der Waals surface area contributed by atoms with E-state index in [2.05, 4.69) is 20.1 Å². The van der Waals surface area contributed by atoms with Gasteiger partial charge in [-0.2, -0.15) is 0 Å².